The molecule has 114 valence electrons. The van der Waals surface area contributed by atoms with Crippen LogP contribution in [0.4, 0.5) is 5.82 Å². The molecular formula is C18H21N3O. The number of hydrogen-bond donors (Lipinski definition) is 0. The van der Waals surface area contributed by atoms with Gasteiger partial charge >= 0.3 is 0 Å². The molecular weight excluding hydrogens is 274 g/mol. The minimum absolute atomic E-state index is 0.748. The molecule has 0 radical (unpaired) electrons. The summed E-state index contributed by atoms with van der Waals surface area (Å²) in [5.74, 6) is 0.992. The van der Waals surface area contributed by atoms with Crippen molar-refractivity contribution in [3.8, 4) is 11.1 Å². The fourth-order valence-electron chi connectivity index (χ4n) is 2.79. The third-order valence-corrected chi connectivity index (χ3v) is 3.93. The molecule has 1 aromatic carbocycles. The molecule has 0 saturated carbocycles. The summed E-state index contributed by atoms with van der Waals surface area (Å²) in [6.45, 7) is 7.09. The monoisotopic (exact) mass is 295 g/mol. The first kappa shape index (κ1) is 14.7. The Bertz CT molecular complexity index is 621. The first-order valence-electron chi connectivity index (χ1n) is 7.73. The van der Waals surface area contributed by atoms with Crippen LogP contribution >= 0.6 is 0 Å². The van der Waals surface area contributed by atoms with Crippen LogP contribution in [0.1, 0.15) is 12.0 Å². The second kappa shape index (κ2) is 7.18. The summed E-state index contributed by atoms with van der Waals surface area (Å²) < 4.78 is 5.45. The lowest BCUT2D eigenvalue weighted by atomic mass is 9.98. The third-order valence-electron chi connectivity index (χ3n) is 3.93. The van der Waals surface area contributed by atoms with Crippen molar-refractivity contribution in [3.63, 3.8) is 0 Å². The normalized spacial score (nSPS) is 14.8. The van der Waals surface area contributed by atoms with Gasteiger partial charge in [-0.25, -0.2) is 0 Å². The number of nitrogens with zero attached hydrogens (tertiary/aromatic N) is 3. The standard InChI is InChI=1S/C18H21N3O/c1-2-3-9-16-17(15-7-5-4-6-8-15)14-19-20-18(16)21-10-12-22-13-11-21/h2,4-8,14H,1,3,9-13H2. The molecule has 0 unspecified atom stereocenters. The van der Waals surface area contributed by atoms with Gasteiger partial charge < -0.3 is 9.64 Å². The molecule has 0 aliphatic carbocycles. The molecule has 1 aliphatic rings. The topological polar surface area (TPSA) is 38.2 Å². The predicted molar refractivity (Wildman–Crippen MR) is 89.0 cm³/mol. The summed E-state index contributed by atoms with van der Waals surface area (Å²) in [4.78, 5) is 2.28. The molecule has 2 aromatic rings. The number of anilines is 1. The molecule has 1 aromatic heterocycles. The lowest BCUT2D eigenvalue weighted by Crippen LogP contribution is -2.37. The molecule has 22 heavy (non-hydrogen) atoms. The quantitative estimate of drug-likeness (QED) is 0.795. The molecule has 2 heterocycles. The van der Waals surface area contributed by atoms with E-state index >= 15 is 0 Å². The van der Waals surface area contributed by atoms with Gasteiger partial charge in [0.1, 0.15) is 0 Å². The van der Waals surface area contributed by atoms with E-state index in [4.69, 9.17) is 4.74 Å². The van der Waals surface area contributed by atoms with E-state index in [0.29, 0.717) is 0 Å². The summed E-state index contributed by atoms with van der Waals surface area (Å²) in [5.41, 5.74) is 3.60. The Kier molecular flexibility index (Phi) is 4.81. The van der Waals surface area contributed by atoms with Gasteiger partial charge in [-0.05, 0) is 18.4 Å². The van der Waals surface area contributed by atoms with Crippen LogP contribution in [-0.2, 0) is 11.2 Å². The van der Waals surface area contributed by atoms with Crippen LogP contribution in [0.5, 0.6) is 0 Å². The molecule has 4 nitrogen and oxygen atoms in total. The molecule has 0 amide bonds. The minimum atomic E-state index is 0.748. The van der Waals surface area contributed by atoms with Gasteiger partial charge in [-0.3, -0.25) is 0 Å². The van der Waals surface area contributed by atoms with Gasteiger partial charge in [-0.1, -0.05) is 36.4 Å². The number of ether oxygens (including phenoxy) is 1. The van der Waals surface area contributed by atoms with Crippen molar-refractivity contribution < 1.29 is 4.74 Å². The molecule has 4 heteroatoms. The lowest BCUT2D eigenvalue weighted by Gasteiger charge is -2.29. The number of allylic oxidation sites excluding steroid dienone is 1. The minimum Gasteiger partial charge on any atom is -0.378 e. The highest BCUT2D eigenvalue weighted by molar-refractivity contribution is 5.71. The Balaban J connectivity index is 2.03. The average molecular weight is 295 g/mol. The fraction of sp³-hybridized carbons (Fsp3) is 0.333. The van der Waals surface area contributed by atoms with Crippen molar-refractivity contribution in [2.24, 2.45) is 0 Å². The van der Waals surface area contributed by atoms with Crippen molar-refractivity contribution in [1.29, 1.82) is 0 Å². The van der Waals surface area contributed by atoms with Crippen LogP contribution in [0.15, 0.2) is 49.2 Å². The van der Waals surface area contributed by atoms with Gasteiger partial charge in [-0.15, -0.1) is 11.7 Å². The summed E-state index contributed by atoms with van der Waals surface area (Å²) >= 11 is 0. The van der Waals surface area contributed by atoms with Gasteiger partial charge in [0, 0.05) is 24.2 Å². The van der Waals surface area contributed by atoms with Crippen LogP contribution in [0, 0.1) is 0 Å². The number of benzene rings is 1. The zero-order valence-corrected chi connectivity index (χ0v) is 12.7. The Morgan fingerprint density at radius 1 is 1.18 bits per heavy atom. The highest BCUT2D eigenvalue weighted by atomic mass is 16.5. The second-order valence-corrected chi connectivity index (χ2v) is 5.35. The van der Waals surface area contributed by atoms with E-state index in [1.807, 2.05) is 18.3 Å². The Morgan fingerprint density at radius 3 is 2.68 bits per heavy atom. The van der Waals surface area contributed by atoms with E-state index in [0.717, 1.165) is 45.0 Å². The summed E-state index contributed by atoms with van der Waals surface area (Å²) in [5, 5.41) is 8.67. The van der Waals surface area contributed by atoms with Crippen molar-refractivity contribution in [3.05, 3.63) is 54.7 Å². The van der Waals surface area contributed by atoms with Crippen molar-refractivity contribution in [2.75, 3.05) is 31.2 Å². The highest BCUT2D eigenvalue weighted by Gasteiger charge is 2.19. The Labute approximate surface area is 131 Å². The van der Waals surface area contributed by atoms with Crippen molar-refractivity contribution in [2.45, 2.75) is 12.8 Å². The van der Waals surface area contributed by atoms with E-state index in [1.165, 1.54) is 16.7 Å². The smallest absolute Gasteiger partial charge is 0.155 e. The maximum Gasteiger partial charge on any atom is 0.155 e. The van der Waals surface area contributed by atoms with Crippen LogP contribution in [0.2, 0.25) is 0 Å². The molecule has 1 aliphatic heterocycles. The largest absolute Gasteiger partial charge is 0.378 e. The van der Waals surface area contributed by atoms with Crippen LogP contribution < -0.4 is 4.90 Å². The van der Waals surface area contributed by atoms with Crippen LogP contribution in [-0.4, -0.2) is 36.5 Å². The van der Waals surface area contributed by atoms with Gasteiger partial charge in [0.05, 0.1) is 19.4 Å². The Hall–Kier alpha value is -2.20. The number of morpholine rings is 1. The molecule has 0 spiro atoms. The lowest BCUT2D eigenvalue weighted by molar-refractivity contribution is 0.122. The summed E-state index contributed by atoms with van der Waals surface area (Å²) in [6, 6.07) is 10.4. The highest BCUT2D eigenvalue weighted by Crippen LogP contribution is 2.30. The average Bonchev–Trinajstić information content (AvgIpc) is 2.61. The first-order chi connectivity index (χ1) is 10.9. The number of rotatable bonds is 5. The number of hydrogen-bond acceptors (Lipinski definition) is 4. The van der Waals surface area contributed by atoms with E-state index < -0.39 is 0 Å². The maximum atomic E-state index is 5.45. The summed E-state index contributed by atoms with van der Waals surface area (Å²) in [7, 11) is 0. The van der Waals surface area contributed by atoms with Crippen molar-refractivity contribution >= 4 is 5.82 Å². The second-order valence-electron chi connectivity index (χ2n) is 5.35. The van der Waals surface area contributed by atoms with E-state index in [1.54, 1.807) is 0 Å². The molecule has 0 atom stereocenters. The zero-order valence-electron chi connectivity index (χ0n) is 12.7. The Morgan fingerprint density at radius 2 is 1.95 bits per heavy atom. The van der Waals surface area contributed by atoms with Gasteiger partial charge in [-0.2, -0.15) is 5.10 Å². The molecule has 3 rings (SSSR count). The molecule has 0 bridgehead atoms. The number of aromatic nitrogens is 2. The van der Waals surface area contributed by atoms with Gasteiger partial charge in [0.2, 0.25) is 0 Å². The maximum absolute atomic E-state index is 5.45. The molecule has 1 fully saturated rings. The van der Waals surface area contributed by atoms with Crippen LogP contribution in [0.3, 0.4) is 0 Å². The fourth-order valence-corrected chi connectivity index (χ4v) is 2.79. The molecule has 1 saturated heterocycles. The van der Waals surface area contributed by atoms with Crippen LogP contribution in [0.25, 0.3) is 11.1 Å². The summed E-state index contributed by atoms with van der Waals surface area (Å²) in [6.07, 6.45) is 5.69. The third kappa shape index (κ3) is 3.17. The first-order valence-corrected chi connectivity index (χ1v) is 7.73. The van der Waals surface area contributed by atoms with E-state index in [9.17, 15) is 0 Å². The van der Waals surface area contributed by atoms with Gasteiger partial charge in [0.15, 0.2) is 5.82 Å². The van der Waals surface area contributed by atoms with E-state index in [2.05, 4.69) is 45.9 Å². The zero-order chi connectivity index (χ0) is 15.2. The van der Waals surface area contributed by atoms with Crippen molar-refractivity contribution in [1.82, 2.24) is 10.2 Å². The molecule has 0 N–H and O–H groups in total. The SMILES string of the molecule is C=CCCc1c(-c2ccccc2)cnnc1N1CCOCC1. The van der Waals surface area contributed by atoms with Gasteiger partial charge in [0.25, 0.3) is 0 Å². The van der Waals surface area contributed by atoms with E-state index in [-0.39, 0.29) is 0 Å². The predicted octanol–water partition coefficient (Wildman–Crippen LogP) is 3.10.